The molecular formula is C27H33N3O3. The number of nitrogens with zero attached hydrogens (tertiary/aromatic N) is 3. The first-order valence-electron chi connectivity index (χ1n) is 12.8. The van der Waals surface area contributed by atoms with Crippen LogP contribution in [0, 0.1) is 11.8 Å². The normalized spacial score (nSPS) is 27.6. The molecule has 1 N–H and O–H groups in total. The predicted molar refractivity (Wildman–Crippen MR) is 125 cm³/mol. The lowest BCUT2D eigenvalue weighted by atomic mass is 9.77. The van der Waals surface area contributed by atoms with Crippen LogP contribution in [-0.2, 0) is 4.79 Å². The Kier molecular flexibility index (Phi) is 5.27. The molecule has 1 aliphatic heterocycles. The molecule has 0 spiro atoms. The Labute approximate surface area is 195 Å². The van der Waals surface area contributed by atoms with Gasteiger partial charge in [0.05, 0.1) is 17.6 Å². The number of aromatic carboxylic acids is 1. The smallest absolute Gasteiger partial charge is 0.339 e. The Hall–Kier alpha value is -2.63. The molecule has 6 heteroatoms. The zero-order valence-corrected chi connectivity index (χ0v) is 19.2. The van der Waals surface area contributed by atoms with Gasteiger partial charge in [-0.2, -0.15) is 5.10 Å². The van der Waals surface area contributed by atoms with E-state index in [2.05, 4.69) is 28.2 Å². The van der Waals surface area contributed by atoms with Crippen LogP contribution in [0.4, 0.5) is 0 Å². The minimum Gasteiger partial charge on any atom is -0.478 e. The third-order valence-electron chi connectivity index (χ3n) is 8.36. The Morgan fingerprint density at radius 1 is 0.970 bits per heavy atom. The first-order chi connectivity index (χ1) is 16.1. The maximum Gasteiger partial charge on any atom is 0.339 e. The van der Waals surface area contributed by atoms with Crippen LogP contribution in [0.15, 0.2) is 30.5 Å². The van der Waals surface area contributed by atoms with Gasteiger partial charge in [0.1, 0.15) is 5.56 Å². The van der Waals surface area contributed by atoms with Gasteiger partial charge in [0.15, 0.2) is 0 Å². The van der Waals surface area contributed by atoms with Crippen molar-refractivity contribution >= 4 is 11.9 Å². The number of likely N-dealkylation sites (tertiary alicyclic amines) is 1. The average molecular weight is 448 g/mol. The second-order valence-corrected chi connectivity index (χ2v) is 10.7. The standard InChI is InChI=1S/C27H33N3O3/c31-26(29-13-3-8-24(29)17-9-10-17)21-6-1-4-19(14-21)20-5-2-7-22(15-20)30-25(18-11-12-18)23(16-28-30)27(32)33/h2,5,7,15-19,21,24H,1,3-4,6,8-14H2,(H,32,33). The minimum atomic E-state index is -0.903. The number of carboxylic acids is 1. The Morgan fingerprint density at radius 2 is 1.82 bits per heavy atom. The lowest BCUT2D eigenvalue weighted by molar-refractivity contribution is -0.138. The van der Waals surface area contributed by atoms with Crippen molar-refractivity contribution in [3.8, 4) is 5.69 Å². The number of rotatable bonds is 6. The molecule has 6 rings (SSSR count). The summed E-state index contributed by atoms with van der Waals surface area (Å²) in [4.78, 5) is 27.4. The molecule has 3 atom stereocenters. The van der Waals surface area contributed by atoms with Gasteiger partial charge in [-0.05, 0) is 87.3 Å². The molecule has 1 aromatic carbocycles. The number of hydrogen-bond donors (Lipinski definition) is 1. The van der Waals surface area contributed by atoms with Crippen LogP contribution < -0.4 is 0 Å². The summed E-state index contributed by atoms with van der Waals surface area (Å²) >= 11 is 0. The maximum atomic E-state index is 13.5. The molecule has 1 amide bonds. The Balaban J connectivity index is 1.22. The van der Waals surface area contributed by atoms with Crippen LogP contribution in [-0.4, -0.2) is 44.3 Å². The van der Waals surface area contributed by atoms with Gasteiger partial charge in [-0.3, -0.25) is 4.79 Å². The molecular weight excluding hydrogens is 414 g/mol. The quantitative estimate of drug-likeness (QED) is 0.667. The highest BCUT2D eigenvalue weighted by atomic mass is 16.4. The van der Waals surface area contributed by atoms with Crippen molar-refractivity contribution in [1.29, 1.82) is 0 Å². The number of amides is 1. The predicted octanol–water partition coefficient (Wildman–Crippen LogP) is 5.12. The summed E-state index contributed by atoms with van der Waals surface area (Å²) in [5.41, 5.74) is 3.33. The highest BCUT2D eigenvalue weighted by Gasteiger charge is 2.42. The molecule has 0 radical (unpaired) electrons. The van der Waals surface area contributed by atoms with Crippen molar-refractivity contribution in [2.24, 2.45) is 11.8 Å². The number of aromatic nitrogens is 2. The molecule has 3 aliphatic carbocycles. The number of carbonyl (C=O) groups excluding carboxylic acids is 1. The highest BCUT2D eigenvalue weighted by Crippen LogP contribution is 2.44. The van der Waals surface area contributed by atoms with E-state index in [1.54, 1.807) is 0 Å². The van der Waals surface area contributed by atoms with E-state index < -0.39 is 5.97 Å². The van der Waals surface area contributed by atoms with E-state index in [1.807, 2.05) is 10.7 Å². The van der Waals surface area contributed by atoms with Crippen LogP contribution >= 0.6 is 0 Å². The molecule has 2 heterocycles. The van der Waals surface area contributed by atoms with Gasteiger partial charge in [0.25, 0.3) is 0 Å². The van der Waals surface area contributed by atoms with Crippen LogP contribution in [0.2, 0.25) is 0 Å². The van der Waals surface area contributed by atoms with Gasteiger partial charge in [-0.1, -0.05) is 18.6 Å². The summed E-state index contributed by atoms with van der Waals surface area (Å²) < 4.78 is 1.83. The molecule has 0 bridgehead atoms. The molecule has 4 aliphatic rings. The zero-order valence-electron chi connectivity index (χ0n) is 19.2. The van der Waals surface area contributed by atoms with E-state index >= 15 is 0 Å². The second kappa shape index (κ2) is 8.30. The first kappa shape index (κ1) is 20.9. The summed E-state index contributed by atoms with van der Waals surface area (Å²) in [5.74, 6) is 1.06. The van der Waals surface area contributed by atoms with Gasteiger partial charge in [-0.25, -0.2) is 9.48 Å². The van der Waals surface area contributed by atoms with Crippen molar-refractivity contribution in [1.82, 2.24) is 14.7 Å². The van der Waals surface area contributed by atoms with E-state index in [0.717, 1.165) is 68.8 Å². The summed E-state index contributed by atoms with van der Waals surface area (Å²) in [6.45, 7) is 0.950. The molecule has 1 saturated heterocycles. The van der Waals surface area contributed by atoms with Crippen LogP contribution in [0.1, 0.15) is 97.7 Å². The number of hydrogen-bond acceptors (Lipinski definition) is 3. The van der Waals surface area contributed by atoms with E-state index in [1.165, 1.54) is 31.0 Å². The van der Waals surface area contributed by atoms with E-state index in [4.69, 9.17) is 0 Å². The third-order valence-corrected chi connectivity index (χ3v) is 8.36. The highest BCUT2D eigenvalue weighted by molar-refractivity contribution is 5.89. The van der Waals surface area contributed by atoms with Gasteiger partial charge in [-0.15, -0.1) is 0 Å². The molecule has 6 nitrogen and oxygen atoms in total. The fourth-order valence-corrected chi connectivity index (χ4v) is 6.38. The summed E-state index contributed by atoms with van der Waals surface area (Å²) in [7, 11) is 0. The van der Waals surface area contributed by atoms with Crippen molar-refractivity contribution in [2.45, 2.75) is 82.1 Å². The van der Waals surface area contributed by atoms with Gasteiger partial charge in [0.2, 0.25) is 5.91 Å². The number of benzene rings is 1. The van der Waals surface area contributed by atoms with E-state index in [-0.39, 0.29) is 5.92 Å². The van der Waals surface area contributed by atoms with Crippen molar-refractivity contribution in [3.05, 3.63) is 47.3 Å². The first-order valence-corrected chi connectivity index (χ1v) is 12.8. The van der Waals surface area contributed by atoms with Crippen molar-refractivity contribution in [2.75, 3.05) is 6.54 Å². The molecule has 4 fully saturated rings. The molecule has 1 aromatic heterocycles. The topological polar surface area (TPSA) is 75.4 Å². The SMILES string of the molecule is O=C(O)c1cnn(-c2cccc(C3CCCC(C(=O)N4CCCC4C4CC4)C3)c2)c1C1CC1. The zero-order chi connectivity index (χ0) is 22.5. The lowest BCUT2D eigenvalue weighted by Gasteiger charge is -2.34. The monoisotopic (exact) mass is 447 g/mol. The van der Waals surface area contributed by atoms with Gasteiger partial charge in [0, 0.05) is 24.4 Å². The number of carbonyl (C=O) groups is 2. The maximum absolute atomic E-state index is 13.5. The van der Waals surface area contributed by atoms with Crippen molar-refractivity contribution in [3.63, 3.8) is 0 Å². The summed E-state index contributed by atoms with van der Waals surface area (Å²) in [6.07, 6.45) is 12.6. The summed E-state index contributed by atoms with van der Waals surface area (Å²) in [5, 5.41) is 14.1. The molecule has 3 saturated carbocycles. The van der Waals surface area contributed by atoms with Crippen LogP contribution in [0.5, 0.6) is 0 Å². The van der Waals surface area contributed by atoms with Crippen LogP contribution in [0.25, 0.3) is 5.69 Å². The molecule has 3 unspecified atom stereocenters. The van der Waals surface area contributed by atoms with E-state index in [9.17, 15) is 14.7 Å². The molecule has 174 valence electrons. The Bertz CT molecular complexity index is 1070. The molecule has 33 heavy (non-hydrogen) atoms. The molecule has 2 aromatic rings. The largest absolute Gasteiger partial charge is 0.478 e. The van der Waals surface area contributed by atoms with Crippen LogP contribution in [0.3, 0.4) is 0 Å². The van der Waals surface area contributed by atoms with Crippen molar-refractivity contribution < 1.29 is 14.7 Å². The summed E-state index contributed by atoms with van der Waals surface area (Å²) in [6, 6.07) is 8.92. The van der Waals surface area contributed by atoms with Gasteiger partial charge >= 0.3 is 5.97 Å². The second-order valence-electron chi connectivity index (χ2n) is 10.7. The van der Waals surface area contributed by atoms with Gasteiger partial charge < -0.3 is 10.0 Å². The third kappa shape index (κ3) is 3.98. The fraction of sp³-hybridized carbons (Fsp3) is 0.593. The average Bonchev–Trinajstić information content (AvgIpc) is 3.77. The minimum absolute atomic E-state index is 0.136. The number of carboxylic acid groups (broad SMARTS) is 1. The lowest BCUT2D eigenvalue weighted by Crippen LogP contribution is -2.41. The Morgan fingerprint density at radius 3 is 2.58 bits per heavy atom. The fourth-order valence-electron chi connectivity index (χ4n) is 6.38. The van der Waals surface area contributed by atoms with E-state index in [0.29, 0.717) is 29.3 Å².